The van der Waals surface area contributed by atoms with E-state index in [1.807, 2.05) is 19.9 Å². The van der Waals surface area contributed by atoms with Crippen LogP contribution in [0.4, 0.5) is 4.79 Å². The molecule has 3 amide bonds. The third kappa shape index (κ3) is 4.11. The number of fused-ring (bicyclic) bond motifs is 1. The molecule has 2 aromatic rings. The summed E-state index contributed by atoms with van der Waals surface area (Å²) in [4.78, 5) is 40.4. The number of Topliss-reactive ketones (excluding diaryl/α,β-unsaturated/α-hetero) is 1. The Morgan fingerprint density at radius 1 is 1.11 bits per heavy atom. The zero-order valence-electron chi connectivity index (χ0n) is 20.5. The molecule has 5 rings (SSSR count). The first-order valence-corrected chi connectivity index (χ1v) is 12.2. The minimum Gasteiger partial charge on any atom is -0.454 e. The van der Waals surface area contributed by atoms with Crippen LogP contribution in [0.3, 0.4) is 0 Å². The van der Waals surface area contributed by atoms with E-state index in [1.54, 1.807) is 25.1 Å². The van der Waals surface area contributed by atoms with E-state index in [-0.39, 0.29) is 19.1 Å². The van der Waals surface area contributed by atoms with Crippen molar-refractivity contribution < 1.29 is 23.9 Å². The van der Waals surface area contributed by atoms with E-state index in [4.69, 9.17) is 9.47 Å². The summed E-state index contributed by atoms with van der Waals surface area (Å²) in [6.07, 6.45) is 8.14. The lowest BCUT2D eigenvalue weighted by Crippen LogP contribution is -2.41. The van der Waals surface area contributed by atoms with Crippen LogP contribution in [0.5, 0.6) is 11.5 Å². The SMILES string of the molecule is Cc1cc(C(=O)CN2C(=O)N[C@](C)(c3ccc4c(c3)OCO4)C2=O)c(C)n1CCC1=CCCCC1. The maximum atomic E-state index is 13.3. The van der Waals surface area contributed by atoms with E-state index in [2.05, 4.69) is 16.0 Å². The van der Waals surface area contributed by atoms with E-state index in [1.165, 1.54) is 18.4 Å². The first kappa shape index (κ1) is 23.2. The summed E-state index contributed by atoms with van der Waals surface area (Å²) in [5.41, 5.74) is 3.20. The van der Waals surface area contributed by atoms with Crippen molar-refractivity contribution in [1.29, 1.82) is 0 Å². The average molecular weight is 478 g/mol. The minimum atomic E-state index is -1.29. The maximum absolute atomic E-state index is 13.3. The second kappa shape index (κ2) is 8.91. The molecule has 0 spiro atoms. The number of carbonyl (C=O) groups is 3. The summed E-state index contributed by atoms with van der Waals surface area (Å²) in [5, 5.41) is 2.76. The predicted molar refractivity (Wildman–Crippen MR) is 130 cm³/mol. The van der Waals surface area contributed by atoms with Gasteiger partial charge in [-0.25, -0.2) is 4.79 Å². The molecule has 1 N–H and O–H groups in total. The van der Waals surface area contributed by atoms with E-state index in [0.29, 0.717) is 22.6 Å². The Bertz CT molecular complexity index is 1240. The summed E-state index contributed by atoms with van der Waals surface area (Å²) in [6, 6.07) is 6.42. The lowest BCUT2D eigenvalue weighted by Gasteiger charge is -2.22. The highest BCUT2D eigenvalue weighted by molar-refractivity contribution is 6.11. The third-order valence-corrected chi connectivity index (χ3v) is 7.44. The fourth-order valence-corrected chi connectivity index (χ4v) is 5.29. The van der Waals surface area contributed by atoms with Crippen molar-refractivity contribution in [3.8, 4) is 11.5 Å². The molecule has 2 aliphatic heterocycles. The van der Waals surface area contributed by atoms with Crippen LogP contribution in [0.2, 0.25) is 0 Å². The van der Waals surface area contributed by atoms with Gasteiger partial charge in [0.15, 0.2) is 17.3 Å². The molecule has 1 saturated heterocycles. The number of hydrogen-bond acceptors (Lipinski definition) is 5. The van der Waals surface area contributed by atoms with Crippen molar-refractivity contribution in [3.63, 3.8) is 0 Å². The second-order valence-electron chi connectivity index (χ2n) is 9.73. The van der Waals surface area contributed by atoms with Gasteiger partial charge in [0.25, 0.3) is 5.91 Å². The monoisotopic (exact) mass is 477 g/mol. The molecule has 1 atom stereocenters. The van der Waals surface area contributed by atoms with Crippen LogP contribution in [0.1, 0.15) is 66.3 Å². The van der Waals surface area contributed by atoms with Gasteiger partial charge in [-0.1, -0.05) is 17.7 Å². The molecule has 0 radical (unpaired) electrons. The number of amides is 3. The summed E-state index contributed by atoms with van der Waals surface area (Å²) in [5.74, 6) is 0.403. The lowest BCUT2D eigenvalue weighted by molar-refractivity contribution is -0.130. The third-order valence-electron chi connectivity index (χ3n) is 7.44. The Morgan fingerprint density at radius 3 is 2.69 bits per heavy atom. The van der Waals surface area contributed by atoms with Crippen molar-refractivity contribution in [2.45, 2.75) is 65.0 Å². The van der Waals surface area contributed by atoms with Crippen LogP contribution in [-0.4, -0.2) is 40.5 Å². The molecule has 3 heterocycles. The number of benzene rings is 1. The number of hydrogen-bond donors (Lipinski definition) is 1. The van der Waals surface area contributed by atoms with Gasteiger partial charge in [-0.3, -0.25) is 14.5 Å². The largest absolute Gasteiger partial charge is 0.454 e. The number of aromatic nitrogens is 1. The number of ether oxygens (including phenoxy) is 2. The Balaban J connectivity index is 1.31. The van der Waals surface area contributed by atoms with E-state index < -0.39 is 17.5 Å². The van der Waals surface area contributed by atoms with Crippen molar-refractivity contribution in [3.05, 3.63) is 58.4 Å². The number of nitrogens with zero attached hydrogens (tertiary/aromatic N) is 2. The highest BCUT2D eigenvalue weighted by atomic mass is 16.7. The van der Waals surface area contributed by atoms with Crippen molar-refractivity contribution in [1.82, 2.24) is 14.8 Å². The molecule has 0 saturated carbocycles. The normalized spacial score (nSPS) is 21.3. The number of allylic oxidation sites excluding steroid dienone is 2. The van der Waals surface area contributed by atoms with Crippen LogP contribution in [-0.2, 0) is 16.9 Å². The highest BCUT2D eigenvalue weighted by Crippen LogP contribution is 2.38. The molecule has 1 aromatic carbocycles. The molecule has 1 fully saturated rings. The number of nitrogens with one attached hydrogen (secondary N) is 1. The van der Waals surface area contributed by atoms with E-state index in [9.17, 15) is 14.4 Å². The Labute approximate surface area is 204 Å². The fourth-order valence-electron chi connectivity index (χ4n) is 5.29. The van der Waals surface area contributed by atoms with Crippen molar-refractivity contribution in [2.75, 3.05) is 13.3 Å². The summed E-state index contributed by atoms with van der Waals surface area (Å²) in [7, 11) is 0. The fraction of sp³-hybridized carbons (Fsp3) is 0.444. The molecule has 8 heteroatoms. The standard InChI is InChI=1S/C27H31N3O5/c1-17-13-21(18(2)29(17)12-11-19-7-5-4-6-8-19)22(31)15-30-25(32)27(3,28-26(30)33)20-9-10-23-24(14-20)35-16-34-23/h7,9-10,13-14H,4-6,8,11-12,15-16H2,1-3H3,(H,28,33)/t27-/m1/s1. The zero-order valence-corrected chi connectivity index (χ0v) is 20.5. The molecular formula is C27H31N3O5. The summed E-state index contributed by atoms with van der Waals surface area (Å²) in [6.45, 7) is 6.19. The molecule has 1 aromatic heterocycles. The lowest BCUT2D eigenvalue weighted by atomic mass is 9.91. The average Bonchev–Trinajstić information content (AvgIpc) is 3.50. The Kier molecular flexibility index (Phi) is 5.91. The zero-order chi connectivity index (χ0) is 24.7. The number of ketones is 1. The molecule has 8 nitrogen and oxygen atoms in total. The van der Waals surface area contributed by atoms with Crippen molar-refractivity contribution in [2.24, 2.45) is 0 Å². The highest BCUT2D eigenvalue weighted by Gasteiger charge is 2.50. The quantitative estimate of drug-likeness (QED) is 0.363. The number of imide groups is 1. The molecule has 0 bridgehead atoms. The number of urea groups is 1. The van der Waals surface area contributed by atoms with Crippen LogP contribution in [0, 0.1) is 13.8 Å². The summed E-state index contributed by atoms with van der Waals surface area (Å²) >= 11 is 0. The van der Waals surface area contributed by atoms with Gasteiger partial charge in [0.05, 0.1) is 6.54 Å². The van der Waals surface area contributed by atoms with E-state index in [0.717, 1.165) is 42.1 Å². The van der Waals surface area contributed by atoms with Crippen LogP contribution < -0.4 is 14.8 Å². The molecular weight excluding hydrogens is 446 g/mol. The Morgan fingerprint density at radius 2 is 1.91 bits per heavy atom. The van der Waals surface area contributed by atoms with Gasteiger partial charge in [-0.2, -0.15) is 0 Å². The van der Waals surface area contributed by atoms with Gasteiger partial charge in [0.2, 0.25) is 6.79 Å². The maximum Gasteiger partial charge on any atom is 0.325 e. The number of aryl methyl sites for hydroxylation is 1. The van der Waals surface area contributed by atoms with Crippen LogP contribution in [0.25, 0.3) is 0 Å². The molecule has 35 heavy (non-hydrogen) atoms. The smallest absolute Gasteiger partial charge is 0.325 e. The molecule has 3 aliphatic rings. The van der Waals surface area contributed by atoms with Gasteiger partial charge in [0.1, 0.15) is 5.54 Å². The number of carbonyl (C=O) groups excluding carboxylic acids is 3. The van der Waals surface area contributed by atoms with Crippen molar-refractivity contribution >= 4 is 17.7 Å². The first-order valence-electron chi connectivity index (χ1n) is 12.2. The van der Waals surface area contributed by atoms with Crippen LogP contribution in [0.15, 0.2) is 35.9 Å². The van der Waals surface area contributed by atoms with Gasteiger partial charge in [0, 0.05) is 23.5 Å². The van der Waals surface area contributed by atoms with Gasteiger partial charge in [-0.05, 0) is 76.6 Å². The minimum absolute atomic E-state index is 0.118. The molecule has 1 aliphatic carbocycles. The predicted octanol–water partition coefficient (Wildman–Crippen LogP) is 4.37. The topological polar surface area (TPSA) is 89.9 Å². The summed E-state index contributed by atoms with van der Waals surface area (Å²) < 4.78 is 12.9. The van der Waals surface area contributed by atoms with Gasteiger partial charge >= 0.3 is 6.03 Å². The number of rotatable bonds is 7. The van der Waals surface area contributed by atoms with Gasteiger partial charge < -0.3 is 19.4 Å². The molecule has 0 unspecified atom stereocenters. The Hall–Kier alpha value is -3.55. The van der Waals surface area contributed by atoms with E-state index >= 15 is 0 Å². The van der Waals surface area contributed by atoms with Crippen LogP contribution >= 0.6 is 0 Å². The molecule has 184 valence electrons. The second-order valence-corrected chi connectivity index (χ2v) is 9.73. The first-order chi connectivity index (χ1) is 16.8. The van der Waals surface area contributed by atoms with Gasteiger partial charge in [-0.15, -0.1) is 0 Å².